The minimum atomic E-state index is -1.05. The molecule has 2 aliphatic carbocycles. The molecule has 0 atom stereocenters. The number of rotatable bonds is 5. The van der Waals surface area contributed by atoms with E-state index in [-0.39, 0.29) is 17.0 Å². The second kappa shape index (κ2) is 10.1. The van der Waals surface area contributed by atoms with Gasteiger partial charge in [0.2, 0.25) is 0 Å². The van der Waals surface area contributed by atoms with Gasteiger partial charge in [0.05, 0.1) is 0 Å². The largest absolute Gasteiger partial charge is 1.00 e. The third-order valence-corrected chi connectivity index (χ3v) is 17.0. The van der Waals surface area contributed by atoms with Crippen LogP contribution in [-0.2, 0) is 0 Å². The van der Waals surface area contributed by atoms with E-state index < -0.39 is 19.8 Å². The average molecular weight is 422 g/mol. The average Bonchev–Trinajstić information content (AvgIpc) is 2.42. The van der Waals surface area contributed by atoms with Crippen LogP contribution in [-0.4, -0.2) is 19.8 Å². The Morgan fingerprint density at radius 1 is 0.778 bits per heavy atom. The molecule has 0 spiro atoms. The van der Waals surface area contributed by atoms with Gasteiger partial charge in [-0.1, -0.05) is 0 Å². The first kappa shape index (κ1) is 17.3. The SMILES string of the molecule is CCC[CH2][Sn+]([CH]1CCCCC1)[CH]1CCCCC1.[Br-]. The third kappa shape index (κ3) is 5.34. The molecule has 0 N–H and O–H groups in total. The molecule has 0 bridgehead atoms. The van der Waals surface area contributed by atoms with Crippen LogP contribution in [0.4, 0.5) is 0 Å². The van der Waals surface area contributed by atoms with E-state index in [0.717, 1.165) is 0 Å². The van der Waals surface area contributed by atoms with Crippen LogP contribution in [0.5, 0.6) is 0 Å². The van der Waals surface area contributed by atoms with Crippen LogP contribution in [0.2, 0.25) is 12.3 Å². The molecule has 0 aromatic carbocycles. The predicted octanol–water partition coefficient (Wildman–Crippen LogP) is 2.95. The van der Waals surface area contributed by atoms with Crippen molar-refractivity contribution in [3.63, 3.8) is 0 Å². The zero-order valence-electron chi connectivity index (χ0n) is 12.2. The van der Waals surface area contributed by atoms with Crippen molar-refractivity contribution in [2.24, 2.45) is 0 Å². The van der Waals surface area contributed by atoms with E-state index in [1.165, 1.54) is 14.3 Å². The second-order valence-corrected chi connectivity index (χ2v) is 15.7. The fourth-order valence-electron chi connectivity index (χ4n) is 4.07. The second-order valence-electron chi connectivity index (χ2n) is 6.35. The van der Waals surface area contributed by atoms with Gasteiger partial charge < -0.3 is 17.0 Å². The fourth-order valence-corrected chi connectivity index (χ4v) is 17.0. The Kier molecular flexibility index (Phi) is 9.70. The van der Waals surface area contributed by atoms with Crippen LogP contribution in [0.1, 0.15) is 84.0 Å². The molecule has 0 aromatic rings. The van der Waals surface area contributed by atoms with Crippen molar-refractivity contribution >= 4 is 19.8 Å². The molecule has 0 nitrogen and oxygen atoms in total. The van der Waals surface area contributed by atoms with E-state index >= 15 is 0 Å². The molecule has 0 radical (unpaired) electrons. The Balaban J connectivity index is 0.00000162. The van der Waals surface area contributed by atoms with Gasteiger partial charge in [0.1, 0.15) is 0 Å². The van der Waals surface area contributed by atoms with Gasteiger partial charge in [-0.3, -0.25) is 0 Å². The molecule has 0 aliphatic heterocycles. The molecule has 2 saturated carbocycles. The Morgan fingerprint density at radius 2 is 1.22 bits per heavy atom. The molecule has 2 heteroatoms. The monoisotopic (exact) mass is 422 g/mol. The number of hydrogen-bond acceptors (Lipinski definition) is 0. The molecule has 0 saturated heterocycles. The van der Waals surface area contributed by atoms with Crippen LogP contribution in [0.25, 0.3) is 0 Å². The first-order valence-corrected chi connectivity index (χ1v) is 13.6. The number of unbranched alkanes of at least 4 members (excludes halogenated alkanes) is 1. The number of halogens is 1. The van der Waals surface area contributed by atoms with E-state index in [0.29, 0.717) is 0 Å². The first-order chi connectivity index (χ1) is 8.42. The van der Waals surface area contributed by atoms with Crippen molar-refractivity contribution in [2.75, 3.05) is 0 Å². The van der Waals surface area contributed by atoms with Gasteiger partial charge in [-0.15, -0.1) is 0 Å². The molecule has 106 valence electrons. The van der Waals surface area contributed by atoms with Crippen LogP contribution < -0.4 is 17.0 Å². The number of hydrogen-bond donors (Lipinski definition) is 0. The Morgan fingerprint density at radius 3 is 1.61 bits per heavy atom. The van der Waals surface area contributed by atoms with Gasteiger partial charge in [0.25, 0.3) is 0 Å². The van der Waals surface area contributed by atoms with Gasteiger partial charge in [0, 0.05) is 0 Å². The minimum Gasteiger partial charge on any atom is -1.00 e. The normalized spacial score (nSPS) is 22.5. The summed E-state index contributed by atoms with van der Waals surface area (Å²) in [6, 6.07) is 0. The zero-order chi connectivity index (χ0) is 11.9. The maximum Gasteiger partial charge on any atom is -1.00 e. The first-order valence-electron chi connectivity index (χ1n) is 8.27. The van der Waals surface area contributed by atoms with Crippen molar-refractivity contribution in [1.82, 2.24) is 0 Å². The fraction of sp³-hybridized carbons (Fsp3) is 1.00. The summed E-state index contributed by atoms with van der Waals surface area (Å²) in [6.07, 6.45) is 19.0. The van der Waals surface area contributed by atoms with E-state index in [1.807, 2.05) is 0 Å². The maximum atomic E-state index is 2.39. The van der Waals surface area contributed by atoms with Crippen LogP contribution in [0.15, 0.2) is 0 Å². The van der Waals surface area contributed by atoms with Gasteiger partial charge >= 0.3 is 116 Å². The van der Waals surface area contributed by atoms with Crippen molar-refractivity contribution in [3.8, 4) is 0 Å². The summed E-state index contributed by atoms with van der Waals surface area (Å²) < 4.78 is 4.36. The summed E-state index contributed by atoms with van der Waals surface area (Å²) in [5.74, 6) is 0. The van der Waals surface area contributed by atoms with Crippen LogP contribution >= 0.6 is 0 Å². The van der Waals surface area contributed by atoms with Crippen LogP contribution in [0, 0.1) is 0 Å². The Labute approximate surface area is 132 Å². The predicted molar refractivity (Wildman–Crippen MR) is 79.1 cm³/mol. The molecule has 0 amide bonds. The van der Waals surface area contributed by atoms with Gasteiger partial charge in [0.15, 0.2) is 0 Å². The zero-order valence-corrected chi connectivity index (χ0v) is 16.7. The van der Waals surface area contributed by atoms with Gasteiger partial charge in [-0.05, 0) is 0 Å². The molecule has 2 aliphatic rings. The summed E-state index contributed by atoms with van der Waals surface area (Å²) in [7, 11) is 0. The van der Waals surface area contributed by atoms with Crippen LogP contribution in [0.3, 0.4) is 0 Å². The van der Waals surface area contributed by atoms with Crippen molar-refractivity contribution < 1.29 is 17.0 Å². The van der Waals surface area contributed by atoms with Gasteiger partial charge in [-0.2, -0.15) is 0 Å². The third-order valence-electron chi connectivity index (χ3n) is 5.08. The molecule has 2 rings (SSSR count). The summed E-state index contributed by atoms with van der Waals surface area (Å²) >= 11 is -1.05. The standard InChI is InChI=1S/2C6H11.C4H9.BrH.Sn/c2*1-2-4-6-5-3-1;1-3-4-2;;/h2*1H,2-6H2;1,3-4H2,2H3;1H;/q;;;;+1/p-1. The summed E-state index contributed by atoms with van der Waals surface area (Å²) in [4.78, 5) is 0. The molecular weight excluding hydrogens is 391 g/mol. The molecule has 0 unspecified atom stereocenters. The summed E-state index contributed by atoms with van der Waals surface area (Å²) in [5, 5.41) is 0. The Hall–Kier alpha value is 1.28. The van der Waals surface area contributed by atoms with E-state index in [2.05, 4.69) is 6.92 Å². The van der Waals surface area contributed by atoms with E-state index in [9.17, 15) is 0 Å². The summed E-state index contributed by atoms with van der Waals surface area (Å²) in [6.45, 7) is 2.39. The molecule has 0 heterocycles. The van der Waals surface area contributed by atoms with Crippen molar-refractivity contribution in [1.29, 1.82) is 0 Å². The van der Waals surface area contributed by atoms with Gasteiger partial charge in [-0.25, -0.2) is 0 Å². The van der Waals surface area contributed by atoms with Crippen molar-refractivity contribution in [2.45, 2.75) is 96.3 Å². The maximum absolute atomic E-state index is 2.39. The molecular formula is C16H31BrSn. The molecule has 2 fully saturated rings. The molecule has 0 aromatic heterocycles. The smallest absolute Gasteiger partial charge is 1.00 e. The van der Waals surface area contributed by atoms with Crippen molar-refractivity contribution in [3.05, 3.63) is 0 Å². The summed E-state index contributed by atoms with van der Waals surface area (Å²) in [5.41, 5.74) is 0. The quantitative estimate of drug-likeness (QED) is 0.599. The molecule has 18 heavy (non-hydrogen) atoms. The Bertz CT molecular complexity index is 177. The minimum absolute atomic E-state index is 0. The topological polar surface area (TPSA) is 0 Å². The van der Waals surface area contributed by atoms with E-state index in [1.54, 1.807) is 75.1 Å². The van der Waals surface area contributed by atoms with E-state index in [4.69, 9.17) is 0 Å².